The van der Waals surface area contributed by atoms with Gasteiger partial charge in [-0.1, -0.05) is 19.0 Å². The van der Waals surface area contributed by atoms with Gasteiger partial charge in [-0.25, -0.2) is 9.97 Å². The largest absolute Gasteiger partial charge is 0.383 e. The number of nitrogens with zero attached hydrogens (tertiary/aromatic N) is 3. The summed E-state index contributed by atoms with van der Waals surface area (Å²) in [6.07, 6.45) is 3.73. The van der Waals surface area contributed by atoms with Crippen LogP contribution in [0, 0.1) is 12.8 Å². The Hall–Kier alpha value is -1.40. The number of nitrogens with two attached hydrogens (primary N) is 2. The summed E-state index contributed by atoms with van der Waals surface area (Å²) in [6, 6.07) is -0.417. The van der Waals surface area contributed by atoms with E-state index in [1.807, 2.05) is 4.90 Å². The summed E-state index contributed by atoms with van der Waals surface area (Å²) >= 11 is 6.15. The lowest BCUT2D eigenvalue weighted by molar-refractivity contribution is -0.133. The van der Waals surface area contributed by atoms with E-state index in [4.69, 9.17) is 23.1 Å². The molecule has 0 saturated carbocycles. The SMILES string of the molecule is C.Cc1nc(N)c(CCC2CCN(C(=O)[C@H](C)N)CC2)c(Cl)n1. The summed E-state index contributed by atoms with van der Waals surface area (Å²) in [6.45, 7) is 5.06. The number of aromatic nitrogens is 2. The summed E-state index contributed by atoms with van der Waals surface area (Å²) in [4.78, 5) is 22.0. The van der Waals surface area contributed by atoms with Gasteiger partial charge >= 0.3 is 0 Å². The van der Waals surface area contributed by atoms with E-state index in [1.54, 1.807) is 13.8 Å². The number of rotatable bonds is 4. The highest BCUT2D eigenvalue weighted by Gasteiger charge is 2.24. The number of halogens is 1. The van der Waals surface area contributed by atoms with E-state index in [0.717, 1.165) is 44.3 Å². The fourth-order valence-corrected chi connectivity index (χ4v) is 3.21. The molecule has 1 amide bonds. The van der Waals surface area contributed by atoms with Gasteiger partial charge in [-0.3, -0.25) is 4.79 Å². The number of carbonyl (C=O) groups is 1. The Balaban J connectivity index is 0.00000264. The van der Waals surface area contributed by atoms with Gasteiger partial charge in [0.25, 0.3) is 0 Å². The molecule has 1 atom stereocenters. The first-order valence-corrected chi connectivity index (χ1v) is 8.09. The maximum atomic E-state index is 11.9. The van der Waals surface area contributed by atoms with E-state index < -0.39 is 6.04 Å². The van der Waals surface area contributed by atoms with Crippen LogP contribution >= 0.6 is 11.6 Å². The molecule has 0 aliphatic carbocycles. The molecule has 2 rings (SSSR count). The van der Waals surface area contributed by atoms with Crippen LogP contribution in [0.2, 0.25) is 5.15 Å². The minimum absolute atomic E-state index is 0. The van der Waals surface area contributed by atoms with Crippen LogP contribution in [0.4, 0.5) is 5.82 Å². The van der Waals surface area contributed by atoms with Gasteiger partial charge in [-0.2, -0.15) is 0 Å². The zero-order valence-electron chi connectivity index (χ0n) is 13.2. The number of likely N-dealkylation sites (tertiary alicyclic amines) is 1. The number of hydrogen-bond acceptors (Lipinski definition) is 5. The monoisotopic (exact) mass is 341 g/mol. The number of piperidine rings is 1. The number of carbonyl (C=O) groups excluding carboxylic acids is 1. The minimum Gasteiger partial charge on any atom is -0.383 e. The molecule has 130 valence electrons. The molecule has 6 nitrogen and oxygen atoms in total. The standard InChI is InChI=1S/C15H24ClN5O.CH4/c1-9(17)15(22)21-7-5-11(6-8-21)3-4-12-13(16)19-10(2)20-14(12)18;/h9,11H,3-8,17H2,1-2H3,(H2,18,19,20);1H4/t9-;/m0./s1. The Morgan fingerprint density at radius 3 is 2.52 bits per heavy atom. The van der Waals surface area contributed by atoms with Crippen molar-refractivity contribution in [1.29, 1.82) is 0 Å². The van der Waals surface area contributed by atoms with Crippen molar-refractivity contribution >= 4 is 23.3 Å². The highest BCUT2D eigenvalue weighted by Crippen LogP contribution is 2.26. The van der Waals surface area contributed by atoms with Crippen molar-refractivity contribution in [2.75, 3.05) is 18.8 Å². The molecular formula is C16H28ClN5O. The summed E-state index contributed by atoms with van der Waals surface area (Å²) in [7, 11) is 0. The van der Waals surface area contributed by atoms with Gasteiger partial charge in [-0.15, -0.1) is 0 Å². The summed E-state index contributed by atoms with van der Waals surface area (Å²) in [5.41, 5.74) is 12.4. The molecule has 23 heavy (non-hydrogen) atoms. The molecule has 1 aromatic heterocycles. The van der Waals surface area contributed by atoms with Gasteiger partial charge in [0.2, 0.25) is 5.91 Å². The van der Waals surface area contributed by atoms with Crippen molar-refractivity contribution in [2.24, 2.45) is 11.7 Å². The van der Waals surface area contributed by atoms with Gasteiger partial charge in [0, 0.05) is 18.7 Å². The molecule has 2 heterocycles. The smallest absolute Gasteiger partial charge is 0.239 e. The highest BCUT2D eigenvalue weighted by atomic mass is 35.5. The number of nitrogen functional groups attached to an aromatic ring is 1. The van der Waals surface area contributed by atoms with Crippen LogP contribution in [-0.2, 0) is 11.2 Å². The fourth-order valence-electron chi connectivity index (χ4n) is 2.89. The fraction of sp³-hybridized carbons (Fsp3) is 0.688. The quantitative estimate of drug-likeness (QED) is 0.818. The predicted molar refractivity (Wildman–Crippen MR) is 94.2 cm³/mol. The van der Waals surface area contributed by atoms with Crippen LogP contribution in [0.1, 0.15) is 45.0 Å². The zero-order valence-corrected chi connectivity index (χ0v) is 13.9. The first-order valence-electron chi connectivity index (χ1n) is 7.71. The molecule has 1 saturated heterocycles. The second-order valence-electron chi connectivity index (χ2n) is 6.02. The molecular weight excluding hydrogens is 314 g/mol. The Morgan fingerprint density at radius 1 is 1.39 bits per heavy atom. The topological polar surface area (TPSA) is 98.1 Å². The molecule has 1 aromatic rings. The van der Waals surface area contributed by atoms with E-state index in [1.165, 1.54) is 0 Å². The lowest BCUT2D eigenvalue weighted by atomic mass is 9.90. The lowest BCUT2D eigenvalue weighted by Gasteiger charge is -2.33. The van der Waals surface area contributed by atoms with Crippen molar-refractivity contribution in [3.05, 3.63) is 16.5 Å². The normalized spacial score (nSPS) is 16.8. The van der Waals surface area contributed by atoms with Gasteiger partial charge in [0.05, 0.1) is 6.04 Å². The molecule has 0 spiro atoms. The predicted octanol–water partition coefficient (Wildman–Crippen LogP) is 2.18. The Bertz CT molecular complexity index is 518. The molecule has 1 aliphatic heterocycles. The van der Waals surface area contributed by atoms with Crippen LogP contribution in [0.15, 0.2) is 0 Å². The summed E-state index contributed by atoms with van der Waals surface area (Å²) in [5, 5.41) is 0.453. The Labute approximate surface area is 143 Å². The van der Waals surface area contributed by atoms with Gasteiger partial charge in [0.1, 0.15) is 16.8 Å². The van der Waals surface area contributed by atoms with Gasteiger partial charge in [0.15, 0.2) is 0 Å². The van der Waals surface area contributed by atoms with Crippen LogP contribution < -0.4 is 11.5 Å². The van der Waals surface area contributed by atoms with Gasteiger partial charge in [-0.05, 0) is 45.4 Å². The van der Waals surface area contributed by atoms with Crippen LogP contribution in [0.3, 0.4) is 0 Å². The third-order valence-corrected chi connectivity index (χ3v) is 4.53. The van der Waals surface area contributed by atoms with Crippen LogP contribution in [-0.4, -0.2) is 39.9 Å². The molecule has 0 bridgehead atoms. The molecule has 1 fully saturated rings. The van der Waals surface area contributed by atoms with Crippen LogP contribution in [0.25, 0.3) is 0 Å². The van der Waals surface area contributed by atoms with Crippen molar-refractivity contribution < 1.29 is 4.79 Å². The first-order chi connectivity index (χ1) is 10.4. The number of amides is 1. The Morgan fingerprint density at radius 2 is 2.00 bits per heavy atom. The molecule has 0 aromatic carbocycles. The molecule has 0 unspecified atom stereocenters. The second kappa shape index (κ2) is 8.45. The lowest BCUT2D eigenvalue weighted by Crippen LogP contribution is -2.45. The number of aryl methyl sites for hydroxylation is 1. The van der Waals surface area contributed by atoms with Gasteiger partial charge < -0.3 is 16.4 Å². The zero-order chi connectivity index (χ0) is 16.3. The van der Waals surface area contributed by atoms with E-state index in [2.05, 4.69) is 9.97 Å². The first kappa shape index (κ1) is 19.6. The average molecular weight is 342 g/mol. The Kier molecular flexibility index (Phi) is 7.22. The maximum Gasteiger partial charge on any atom is 0.239 e. The highest BCUT2D eigenvalue weighted by molar-refractivity contribution is 6.30. The second-order valence-corrected chi connectivity index (χ2v) is 6.38. The molecule has 1 aliphatic rings. The van der Waals surface area contributed by atoms with Crippen molar-refractivity contribution in [2.45, 2.75) is 53.0 Å². The van der Waals surface area contributed by atoms with Crippen LogP contribution in [0.5, 0.6) is 0 Å². The molecule has 0 radical (unpaired) electrons. The molecule has 4 N–H and O–H groups in total. The maximum absolute atomic E-state index is 11.9. The average Bonchev–Trinajstić information content (AvgIpc) is 2.46. The summed E-state index contributed by atoms with van der Waals surface area (Å²) in [5.74, 6) is 1.67. The minimum atomic E-state index is -0.417. The number of hydrogen-bond donors (Lipinski definition) is 2. The number of anilines is 1. The van der Waals surface area contributed by atoms with E-state index in [-0.39, 0.29) is 13.3 Å². The van der Waals surface area contributed by atoms with E-state index in [0.29, 0.717) is 22.7 Å². The van der Waals surface area contributed by atoms with E-state index >= 15 is 0 Å². The third kappa shape index (κ3) is 5.04. The third-order valence-electron chi connectivity index (χ3n) is 4.22. The van der Waals surface area contributed by atoms with Crippen molar-refractivity contribution in [3.63, 3.8) is 0 Å². The summed E-state index contributed by atoms with van der Waals surface area (Å²) < 4.78 is 0. The van der Waals surface area contributed by atoms with Crippen molar-refractivity contribution in [1.82, 2.24) is 14.9 Å². The van der Waals surface area contributed by atoms with E-state index in [9.17, 15) is 4.79 Å². The molecule has 7 heteroatoms. The van der Waals surface area contributed by atoms with Crippen molar-refractivity contribution in [3.8, 4) is 0 Å².